The van der Waals surface area contributed by atoms with Crippen LogP contribution in [-0.2, 0) is 4.79 Å². The Morgan fingerprint density at radius 1 is 1.57 bits per heavy atom. The molecule has 1 aliphatic rings. The van der Waals surface area contributed by atoms with Crippen LogP contribution in [0.25, 0.3) is 0 Å². The third-order valence-corrected chi connectivity index (χ3v) is 2.67. The van der Waals surface area contributed by atoms with Crippen LogP contribution in [0.2, 0.25) is 0 Å². The highest BCUT2D eigenvalue weighted by Gasteiger charge is 2.27. The molecule has 0 aromatic carbocycles. The number of hydrogen-bond acceptors (Lipinski definition) is 3. The molecular formula is C9H20ClN3O. The van der Waals surface area contributed by atoms with Crippen molar-refractivity contribution >= 4 is 18.3 Å². The molecule has 1 heterocycles. The normalized spacial score (nSPS) is 29.3. The first-order valence-corrected chi connectivity index (χ1v) is 4.82. The van der Waals surface area contributed by atoms with Crippen molar-refractivity contribution in [2.75, 3.05) is 13.1 Å². The van der Waals surface area contributed by atoms with Gasteiger partial charge in [-0.1, -0.05) is 6.92 Å². The summed E-state index contributed by atoms with van der Waals surface area (Å²) >= 11 is 0. The lowest BCUT2D eigenvalue weighted by Gasteiger charge is -2.35. The first-order valence-electron chi connectivity index (χ1n) is 4.82. The zero-order valence-corrected chi connectivity index (χ0v) is 9.59. The van der Waals surface area contributed by atoms with Crippen LogP contribution >= 0.6 is 12.4 Å². The molecule has 2 unspecified atom stereocenters. The molecule has 4 N–H and O–H groups in total. The Morgan fingerprint density at radius 2 is 2.14 bits per heavy atom. The van der Waals surface area contributed by atoms with Crippen LogP contribution in [0.3, 0.4) is 0 Å². The van der Waals surface area contributed by atoms with Crippen molar-refractivity contribution in [3.05, 3.63) is 0 Å². The van der Waals surface area contributed by atoms with Gasteiger partial charge in [0.15, 0.2) is 0 Å². The van der Waals surface area contributed by atoms with E-state index in [2.05, 4.69) is 6.92 Å². The second-order valence-corrected chi connectivity index (χ2v) is 4.00. The number of piperidine rings is 1. The topological polar surface area (TPSA) is 72.3 Å². The lowest BCUT2D eigenvalue weighted by atomic mass is 9.94. The number of likely N-dealkylation sites (tertiary alicyclic amines) is 1. The van der Waals surface area contributed by atoms with E-state index in [4.69, 9.17) is 11.5 Å². The Balaban J connectivity index is 0.00000169. The molecule has 0 radical (unpaired) electrons. The van der Waals surface area contributed by atoms with Crippen molar-refractivity contribution in [1.29, 1.82) is 0 Å². The van der Waals surface area contributed by atoms with Gasteiger partial charge in [-0.3, -0.25) is 4.79 Å². The fraction of sp³-hybridized carbons (Fsp3) is 0.889. The Bertz CT molecular complexity index is 198. The fourth-order valence-corrected chi connectivity index (χ4v) is 1.65. The van der Waals surface area contributed by atoms with Crippen LogP contribution < -0.4 is 11.5 Å². The monoisotopic (exact) mass is 221 g/mol. The van der Waals surface area contributed by atoms with Gasteiger partial charge in [0.1, 0.15) is 0 Å². The van der Waals surface area contributed by atoms with Crippen molar-refractivity contribution in [2.45, 2.75) is 32.4 Å². The largest absolute Gasteiger partial charge is 0.341 e. The summed E-state index contributed by atoms with van der Waals surface area (Å²) in [5.41, 5.74) is 11.4. The van der Waals surface area contributed by atoms with Crippen molar-refractivity contribution in [3.8, 4) is 0 Å². The van der Waals surface area contributed by atoms with Gasteiger partial charge >= 0.3 is 0 Å². The minimum absolute atomic E-state index is 0. The molecule has 84 valence electrons. The van der Waals surface area contributed by atoms with E-state index in [1.165, 1.54) is 0 Å². The number of nitrogens with two attached hydrogens (primary N) is 2. The van der Waals surface area contributed by atoms with Crippen molar-refractivity contribution in [2.24, 2.45) is 17.4 Å². The summed E-state index contributed by atoms with van der Waals surface area (Å²) in [6.07, 6.45) is 0.889. The molecule has 1 amide bonds. The SMILES string of the molecule is CC1CN(C(=O)[C@H](C)N)CCC1N.Cl. The second kappa shape index (κ2) is 5.53. The van der Waals surface area contributed by atoms with Gasteiger partial charge in [-0.15, -0.1) is 12.4 Å². The Labute approximate surface area is 91.4 Å². The van der Waals surface area contributed by atoms with Crippen LogP contribution in [-0.4, -0.2) is 36.0 Å². The number of hydrogen-bond donors (Lipinski definition) is 2. The smallest absolute Gasteiger partial charge is 0.239 e. The summed E-state index contributed by atoms with van der Waals surface area (Å²) in [6, 6.07) is -0.154. The third-order valence-electron chi connectivity index (χ3n) is 2.67. The average Bonchev–Trinajstić information content (AvgIpc) is 2.08. The van der Waals surface area contributed by atoms with Gasteiger partial charge in [0.05, 0.1) is 6.04 Å². The number of carbonyl (C=O) groups excluding carboxylic acids is 1. The molecule has 3 atom stereocenters. The van der Waals surface area contributed by atoms with Gasteiger partial charge in [0.2, 0.25) is 5.91 Å². The lowest BCUT2D eigenvalue weighted by molar-refractivity contribution is -0.134. The maximum absolute atomic E-state index is 11.5. The van der Waals surface area contributed by atoms with E-state index in [1.807, 2.05) is 4.90 Å². The summed E-state index contributed by atoms with van der Waals surface area (Å²) in [6.45, 7) is 5.31. The maximum Gasteiger partial charge on any atom is 0.239 e. The third kappa shape index (κ3) is 3.12. The van der Waals surface area contributed by atoms with Crippen molar-refractivity contribution < 1.29 is 4.79 Å². The first kappa shape index (κ1) is 13.7. The highest BCUT2D eigenvalue weighted by atomic mass is 35.5. The molecule has 1 saturated heterocycles. The van der Waals surface area contributed by atoms with Crippen LogP contribution in [0.5, 0.6) is 0 Å². The van der Waals surface area contributed by atoms with Gasteiger partial charge in [-0.2, -0.15) is 0 Å². The van der Waals surface area contributed by atoms with Crippen LogP contribution in [0.1, 0.15) is 20.3 Å². The molecule has 0 bridgehead atoms. The lowest BCUT2D eigenvalue weighted by Crippen LogP contribution is -2.51. The van der Waals surface area contributed by atoms with Crippen molar-refractivity contribution in [3.63, 3.8) is 0 Å². The van der Waals surface area contributed by atoms with Gasteiger partial charge in [-0.25, -0.2) is 0 Å². The summed E-state index contributed by atoms with van der Waals surface area (Å²) in [4.78, 5) is 13.3. The summed E-state index contributed by atoms with van der Waals surface area (Å²) in [5.74, 6) is 0.426. The first-order chi connectivity index (χ1) is 6.02. The zero-order chi connectivity index (χ0) is 10.0. The van der Waals surface area contributed by atoms with E-state index in [0.717, 1.165) is 19.5 Å². The van der Waals surface area contributed by atoms with E-state index in [-0.39, 0.29) is 30.4 Å². The Kier molecular flexibility index (Phi) is 5.41. The number of halogens is 1. The van der Waals surface area contributed by atoms with E-state index in [9.17, 15) is 4.79 Å². The summed E-state index contributed by atoms with van der Waals surface area (Å²) in [7, 11) is 0. The molecule has 0 saturated carbocycles. The standard InChI is InChI=1S/C9H19N3O.ClH/c1-6-5-12(4-3-8(6)11)9(13)7(2)10;/h6-8H,3-5,10-11H2,1-2H3;1H/t6?,7-,8?;/m0./s1. The summed E-state index contributed by atoms with van der Waals surface area (Å²) < 4.78 is 0. The highest BCUT2D eigenvalue weighted by molar-refractivity contribution is 5.85. The number of rotatable bonds is 1. The highest BCUT2D eigenvalue weighted by Crippen LogP contribution is 2.15. The zero-order valence-electron chi connectivity index (χ0n) is 8.77. The molecule has 1 fully saturated rings. The van der Waals surface area contributed by atoms with Gasteiger partial charge in [0, 0.05) is 19.1 Å². The summed E-state index contributed by atoms with van der Waals surface area (Å²) in [5, 5.41) is 0. The number of nitrogens with zero attached hydrogens (tertiary/aromatic N) is 1. The number of carbonyl (C=O) groups is 1. The van der Waals surface area contributed by atoms with Crippen LogP contribution in [0.15, 0.2) is 0 Å². The minimum atomic E-state index is -0.387. The molecule has 5 heteroatoms. The minimum Gasteiger partial charge on any atom is -0.341 e. The van der Waals surface area contributed by atoms with Gasteiger partial charge in [-0.05, 0) is 19.3 Å². The molecule has 14 heavy (non-hydrogen) atoms. The molecule has 1 aliphatic heterocycles. The van der Waals surface area contributed by atoms with E-state index in [1.54, 1.807) is 6.92 Å². The molecular weight excluding hydrogens is 202 g/mol. The molecule has 0 aromatic rings. The van der Waals surface area contributed by atoms with E-state index in [0.29, 0.717) is 5.92 Å². The van der Waals surface area contributed by atoms with Crippen molar-refractivity contribution in [1.82, 2.24) is 4.90 Å². The predicted octanol–water partition coefficient (Wildman–Crippen LogP) is -0.0489. The van der Waals surface area contributed by atoms with E-state index < -0.39 is 0 Å². The van der Waals surface area contributed by atoms with Crippen LogP contribution in [0.4, 0.5) is 0 Å². The Hall–Kier alpha value is -0.320. The molecule has 4 nitrogen and oxygen atoms in total. The van der Waals surface area contributed by atoms with Crippen LogP contribution in [0, 0.1) is 5.92 Å². The van der Waals surface area contributed by atoms with Gasteiger partial charge < -0.3 is 16.4 Å². The fourth-order valence-electron chi connectivity index (χ4n) is 1.65. The average molecular weight is 222 g/mol. The molecule has 0 aromatic heterocycles. The molecule has 0 spiro atoms. The molecule has 1 rings (SSSR count). The maximum atomic E-state index is 11.5. The number of amides is 1. The Morgan fingerprint density at radius 3 is 2.57 bits per heavy atom. The van der Waals surface area contributed by atoms with E-state index >= 15 is 0 Å². The molecule has 0 aliphatic carbocycles. The second-order valence-electron chi connectivity index (χ2n) is 4.00. The quantitative estimate of drug-likeness (QED) is 0.652. The van der Waals surface area contributed by atoms with Gasteiger partial charge in [0.25, 0.3) is 0 Å². The predicted molar refractivity (Wildman–Crippen MR) is 59.2 cm³/mol.